The number of nitrogens with two attached hydrogens (primary N) is 1. The molecule has 1 fully saturated rings. The first-order valence-corrected chi connectivity index (χ1v) is 9.39. The number of aromatic nitrogens is 2. The number of nitrogens with zero attached hydrogens (tertiary/aromatic N) is 4. The van der Waals surface area contributed by atoms with Crippen molar-refractivity contribution in [1.29, 1.82) is 5.41 Å². The maximum atomic E-state index is 12.2. The Labute approximate surface area is 164 Å². The van der Waals surface area contributed by atoms with Crippen LogP contribution in [0.3, 0.4) is 0 Å². The lowest BCUT2D eigenvalue weighted by atomic mass is 10.0. The first kappa shape index (κ1) is 19.6. The monoisotopic (exact) mass is 382 g/mol. The van der Waals surface area contributed by atoms with Crippen molar-refractivity contribution in [3.63, 3.8) is 0 Å². The summed E-state index contributed by atoms with van der Waals surface area (Å²) < 4.78 is 5.71. The van der Waals surface area contributed by atoms with Crippen LogP contribution >= 0.6 is 0 Å². The van der Waals surface area contributed by atoms with Gasteiger partial charge in [0.25, 0.3) is 0 Å². The molecular weight excluding hydrogens is 356 g/mol. The Bertz CT molecular complexity index is 883. The maximum absolute atomic E-state index is 12.2. The molecule has 8 heteroatoms. The number of benzene rings is 1. The number of anilines is 2. The summed E-state index contributed by atoms with van der Waals surface area (Å²) in [6.45, 7) is 8.20. The normalized spacial score (nSPS) is 14.5. The van der Waals surface area contributed by atoms with Crippen LogP contribution < -0.4 is 15.4 Å². The molecule has 2 aromatic rings. The SMILES string of the molecule is CCN1CCN(c2cc(C(=N)c3cc(OC(C)C)ccc3N)ncn2)CC1=O. The number of rotatable bonds is 6. The summed E-state index contributed by atoms with van der Waals surface area (Å²) in [4.78, 5) is 24.5. The van der Waals surface area contributed by atoms with E-state index in [9.17, 15) is 4.79 Å². The third-order valence-electron chi connectivity index (χ3n) is 4.60. The molecule has 1 aliphatic heterocycles. The number of carbonyl (C=O) groups is 1. The molecule has 0 unspecified atom stereocenters. The lowest BCUT2D eigenvalue weighted by Gasteiger charge is -2.34. The number of piperazine rings is 1. The predicted molar refractivity (Wildman–Crippen MR) is 109 cm³/mol. The summed E-state index contributed by atoms with van der Waals surface area (Å²) in [6.07, 6.45) is 1.44. The molecule has 0 radical (unpaired) electrons. The Morgan fingerprint density at radius 2 is 2.07 bits per heavy atom. The number of hydrogen-bond donors (Lipinski definition) is 2. The second kappa shape index (κ2) is 8.24. The zero-order valence-corrected chi connectivity index (χ0v) is 16.5. The molecule has 3 rings (SSSR count). The Hall–Kier alpha value is -3.16. The van der Waals surface area contributed by atoms with Gasteiger partial charge in [-0.15, -0.1) is 0 Å². The fourth-order valence-corrected chi connectivity index (χ4v) is 3.13. The van der Waals surface area contributed by atoms with Crippen LogP contribution in [-0.4, -0.2) is 58.8 Å². The van der Waals surface area contributed by atoms with Crippen molar-refractivity contribution in [2.75, 3.05) is 36.8 Å². The standard InChI is InChI=1S/C20H26N6O2/c1-4-25-7-8-26(11-19(25)27)18-10-17(23-12-24-18)20(22)15-9-14(28-13(2)3)5-6-16(15)21/h5-6,9-10,12-13,22H,4,7-8,11,21H2,1-3H3. The molecule has 0 atom stereocenters. The molecule has 1 aromatic carbocycles. The molecule has 28 heavy (non-hydrogen) atoms. The van der Waals surface area contributed by atoms with Gasteiger partial charge in [-0.1, -0.05) is 0 Å². The van der Waals surface area contributed by atoms with Crippen molar-refractivity contribution in [1.82, 2.24) is 14.9 Å². The number of hydrogen-bond acceptors (Lipinski definition) is 7. The fraction of sp³-hybridized carbons (Fsp3) is 0.400. The minimum atomic E-state index is 0.0237. The van der Waals surface area contributed by atoms with Gasteiger partial charge >= 0.3 is 0 Å². The molecule has 1 saturated heterocycles. The molecule has 0 aliphatic carbocycles. The highest BCUT2D eigenvalue weighted by Gasteiger charge is 2.24. The molecule has 1 aliphatic rings. The van der Waals surface area contributed by atoms with Crippen molar-refractivity contribution >= 4 is 23.1 Å². The Morgan fingerprint density at radius 3 is 2.75 bits per heavy atom. The van der Waals surface area contributed by atoms with Gasteiger partial charge in [0.15, 0.2) is 0 Å². The quantitative estimate of drug-likeness (QED) is 0.584. The van der Waals surface area contributed by atoms with Crippen molar-refractivity contribution in [3.05, 3.63) is 41.9 Å². The summed E-state index contributed by atoms with van der Waals surface area (Å²) >= 11 is 0. The van der Waals surface area contributed by atoms with Crippen LogP contribution in [0.5, 0.6) is 5.75 Å². The van der Waals surface area contributed by atoms with Crippen LogP contribution in [0.15, 0.2) is 30.6 Å². The molecule has 0 bridgehead atoms. The first-order chi connectivity index (χ1) is 13.4. The average Bonchev–Trinajstić information content (AvgIpc) is 2.68. The van der Waals surface area contributed by atoms with E-state index in [1.165, 1.54) is 6.33 Å². The third kappa shape index (κ3) is 4.21. The van der Waals surface area contributed by atoms with Crippen LogP contribution in [-0.2, 0) is 4.79 Å². The highest BCUT2D eigenvalue weighted by Crippen LogP contribution is 2.24. The number of likely N-dealkylation sites (N-methyl/N-ethyl adjacent to an activating group) is 1. The number of ether oxygens (including phenoxy) is 1. The topological polar surface area (TPSA) is 108 Å². The summed E-state index contributed by atoms with van der Waals surface area (Å²) in [5, 5.41) is 8.58. The lowest BCUT2D eigenvalue weighted by molar-refractivity contribution is -0.130. The van der Waals surface area contributed by atoms with Crippen LogP contribution in [0.25, 0.3) is 0 Å². The maximum Gasteiger partial charge on any atom is 0.242 e. The van der Waals surface area contributed by atoms with E-state index in [0.29, 0.717) is 48.1 Å². The molecule has 8 nitrogen and oxygen atoms in total. The summed E-state index contributed by atoms with van der Waals surface area (Å²) in [5.74, 6) is 1.36. The molecule has 148 valence electrons. The molecule has 2 heterocycles. The van der Waals surface area contributed by atoms with Crippen molar-refractivity contribution in [3.8, 4) is 5.75 Å². The first-order valence-electron chi connectivity index (χ1n) is 9.39. The summed E-state index contributed by atoms with van der Waals surface area (Å²) in [7, 11) is 0. The second-order valence-electron chi connectivity index (χ2n) is 6.95. The average molecular weight is 382 g/mol. The van der Waals surface area contributed by atoms with Crippen molar-refractivity contribution in [2.45, 2.75) is 26.9 Å². The van der Waals surface area contributed by atoms with Gasteiger partial charge in [-0.25, -0.2) is 9.97 Å². The second-order valence-corrected chi connectivity index (χ2v) is 6.95. The Morgan fingerprint density at radius 1 is 1.29 bits per heavy atom. The van der Waals surface area contributed by atoms with E-state index in [1.54, 1.807) is 24.3 Å². The van der Waals surface area contributed by atoms with Crippen LogP contribution in [0.2, 0.25) is 0 Å². The summed E-state index contributed by atoms with van der Waals surface area (Å²) in [5.41, 5.74) is 7.75. The van der Waals surface area contributed by atoms with E-state index in [0.717, 1.165) is 0 Å². The Balaban J connectivity index is 1.84. The summed E-state index contributed by atoms with van der Waals surface area (Å²) in [6, 6.07) is 7.00. The highest BCUT2D eigenvalue weighted by molar-refractivity contribution is 6.13. The van der Waals surface area contributed by atoms with Gasteiger partial charge in [-0.2, -0.15) is 0 Å². The van der Waals surface area contributed by atoms with Crippen molar-refractivity contribution < 1.29 is 9.53 Å². The minimum absolute atomic E-state index is 0.0237. The van der Waals surface area contributed by atoms with Gasteiger partial charge in [0.1, 0.15) is 17.9 Å². The van der Waals surface area contributed by atoms with Crippen LogP contribution in [0.4, 0.5) is 11.5 Å². The predicted octanol–water partition coefficient (Wildman–Crippen LogP) is 1.93. The minimum Gasteiger partial charge on any atom is -0.491 e. The van der Waals surface area contributed by atoms with Crippen LogP contribution in [0.1, 0.15) is 32.0 Å². The fourth-order valence-electron chi connectivity index (χ4n) is 3.13. The van der Waals surface area contributed by atoms with E-state index < -0.39 is 0 Å². The van der Waals surface area contributed by atoms with Crippen molar-refractivity contribution in [2.24, 2.45) is 0 Å². The van der Waals surface area contributed by atoms with Gasteiger partial charge < -0.3 is 20.3 Å². The number of nitrogen functional groups attached to an aromatic ring is 1. The van der Waals surface area contributed by atoms with E-state index in [1.807, 2.05) is 30.6 Å². The van der Waals surface area contributed by atoms with Gasteiger partial charge in [-0.3, -0.25) is 10.2 Å². The van der Waals surface area contributed by atoms with Gasteiger partial charge in [0, 0.05) is 37.0 Å². The Kier molecular flexibility index (Phi) is 5.77. The van der Waals surface area contributed by atoms with E-state index in [4.69, 9.17) is 15.9 Å². The largest absolute Gasteiger partial charge is 0.491 e. The number of carbonyl (C=O) groups excluding carboxylic acids is 1. The smallest absolute Gasteiger partial charge is 0.242 e. The highest BCUT2D eigenvalue weighted by atomic mass is 16.5. The molecule has 0 spiro atoms. The number of nitrogens with one attached hydrogen (secondary N) is 1. The molecular formula is C20H26N6O2. The lowest BCUT2D eigenvalue weighted by Crippen LogP contribution is -2.50. The molecule has 1 aromatic heterocycles. The zero-order chi connectivity index (χ0) is 20.3. The van der Waals surface area contributed by atoms with E-state index in [-0.39, 0.29) is 24.3 Å². The van der Waals surface area contributed by atoms with Gasteiger partial charge in [-0.05, 0) is 39.0 Å². The van der Waals surface area contributed by atoms with Crippen LogP contribution in [0, 0.1) is 5.41 Å². The van der Waals surface area contributed by atoms with E-state index >= 15 is 0 Å². The number of amides is 1. The third-order valence-corrected chi connectivity index (χ3v) is 4.60. The van der Waals surface area contributed by atoms with Gasteiger partial charge in [0.2, 0.25) is 5.91 Å². The zero-order valence-electron chi connectivity index (χ0n) is 16.5. The molecule has 0 saturated carbocycles. The van der Waals surface area contributed by atoms with E-state index in [2.05, 4.69) is 9.97 Å². The van der Waals surface area contributed by atoms with Gasteiger partial charge in [0.05, 0.1) is 24.1 Å². The molecule has 1 amide bonds. The molecule has 3 N–H and O–H groups in total.